The predicted molar refractivity (Wildman–Crippen MR) is 128 cm³/mol. The number of aromatic nitrogens is 4. The van der Waals surface area contributed by atoms with Crippen LogP contribution in [0.3, 0.4) is 0 Å². The summed E-state index contributed by atoms with van der Waals surface area (Å²) < 4.78 is 8.40. The standard InChI is InChI=1S/C24H16BrClN4O2/c1-14-5-10-19-21(31)20(24-28-22(29-32-24)16-6-8-18(26)9-7-16)13-30(23(19)27-14)12-15-3-2-4-17(25)11-15/h2-11,13H,12H2,1H3. The van der Waals surface area contributed by atoms with Crippen LogP contribution in [0, 0.1) is 6.92 Å². The van der Waals surface area contributed by atoms with Gasteiger partial charge in [0.15, 0.2) is 0 Å². The fraction of sp³-hybridized carbons (Fsp3) is 0.0833. The van der Waals surface area contributed by atoms with Crippen LogP contribution in [-0.2, 0) is 6.54 Å². The Labute approximate surface area is 196 Å². The van der Waals surface area contributed by atoms with Gasteiger partial charge in [0.1, 0.15) is 11.2 Å². The van der Waals surface area contributed by atoms with Crippen molar-refractivity contribution in [3.05, 3.63) is 97.8 Å². The van der Waals surface area contributed by atoms with Gasteiger partial charge in [0, 0.05) is 33.5 Å². The molecule has 0 radical (unpaired) electrons. The summed E-state index contributed by atoms with van der Waals surface area (Å²) in [5.74, 6) is 0.544. The van der Waals surface area contributed by atoms with Crippen molar-refractivity contribution < 1.29 is 4.52 Å². The first-order valence-electron chi connectivity index (χ1n) is 9.83. The van der Waals surface area contributed by atoms with Crippen LogP contribution in [0.1, 0.15) is 11.3 Å². The summed E-state index contributed by atoms with van der Waals surface area (Å²) in [5, 5.41) is 5.16. The molecule has 0 spiro atoms. The van der Waals surface area contributed by atoms with Crippen LogP contribution in [0.2, 0.25) is 5.02 Å². The molecule has 0 fully saturated rings. The third kappa shape index (κ3) is 3.97. The van der Waals surface area contributed by atoms with Crippen LogP contribution >= 0.6 is 27.5 Å². The van der Waals surface area contributed by atoms with E-state index in [1.54, 1.807) is 36.5 Å². The third-order valence-corrected chi connectivity index (χ3v) is 5.81. The Morgan fingerprint density at radius 3 is 2.66 bits per heavy atom. The lowest BCUT2D eigenvalue weighted by Gasteiger charge is -2.12. The molecular formula is C24H16BrClN4O2. The van der Waals surface area contributed by atoms with Crippen LogP contribution in [-0.4, -0.2) is 19.7 Å². The highest BCUT2D eigenvalue weighted by Crippen LogP contribution is 2.24. The normalized spacial score (nSPS) is 11.2. The summed E-state index contributed by atoms with van der Waals surface area (Å²) in [7, 11) is 0. The highest BCUT2D eigenvalue weighted by Gasteiger charge is 2.18. The SMILES string of the molecule is Cc1ccc2c(=O)c(-c3nc(-c4ccc(Cl)cc4)no3)cn(Cc3cccc(Br)c3)c2n1. The average Bonchev–Trinajstić information content (AvgIpc) is 3.26. The van der Waals surface area contributed by atoms with Gasteiger partial charge in [-0.15, -0.1) is 0 Å². The molecule has 0 amide bonds. The van der Waals surface area contributed by atoms with E-state index in [1.807, 2.05) is 41.8 Å². The van der Waals surface area contributed by atoms with Crippen molar-refractivity contribution in [2.45, 2.75) is 13.5 Å². The minimum absolute atomic E-state index is 0.158. The quantitative estimate of drug-likeness (QED) is 0.303. The first kappa shape index (κ1) is 20.6. The number of aryl methyl sites for hydroxylation is 1. The maximum Gasteiger partial charge on any atom is 0.263 e. The number of benzene rings is 2. The Hall–Kier alpha value is -3.29. The van der Waals surface area contributed by atoms with Gasteiger partial charge in [0.2, 0.25) is 11.3 Å². The summed E-state index contributed by atoms with van der Waals surface area (Å²) in [6.45, 7) is 2.43. The molecule has 2 aromatic carbocycles. The Kier molecular flexibility index (Phi) is 5.36. The number of halogens is 2. The molecular weight excluding hydrogens is 492 g/mol. The first-order valence-corrected chi connectivity index (χ1v) is 11.0. The smallest absolute Gasteiger partial charge is 0.263 e. The highest BCUT2D eigenvalue weighted by atomic mass is 79.9. The van der Waals surface area contributed by atoms with Gasteiger partial charge in [0.25, 0.3) is 5.89 Å². The minimum Gasteiger partial charge on any atom is -0.333 e. The molecule has 8 heteroatoms. The van der Waals surface area contributed by atoms with Gasteiger partial charge >= 0.3 is 0 Å². The number of hydrogen-bond acceptors (Lipinski definition) is 5. The number of hydrogen-bond donors (Lipinski definition) is 0. The van der Waals surface area contributed by atoms with Crippen LogP contribution in [0.25, 0.3) is 33.9 Å². The van der Waals surface area contributed by atoms with Gasteiger partial charge in [-0.1, -0.05) is 44.8 Å². The maximum absolute atomic E-state index is 13.3. The van der Waals surface area contributed by atoms with Gasteiger partial charge in [-0.3, -0.25) is 4.79 Å². The van der Waals surface area contributed by atoms with E-state index in [4.69, 9.17) is 16.1 Å². The Bertz CT molecular complexity index is 1510. The van der Waals surface area contributed by atoms with Crippen molar-refractivity contribution in [2.75, 3.05) is 0 Å². The number of fused-ring (bicyclic) bond motifs is 1. The summed E-state index contributed by atoms with van der Waals surface area (Å²) in [5.41, 5.74) is 3.37. The molecule has 5 rings (SSSR count). The van der Waals surface area contributed by atoms with Gasteiger partial charge in [-0.2, -0.15) is 4.98 Å². The second-order valence-electron chi connectivity index (χ2n) is 7.38. The molecule has 32 heavy (non-hydrogen) atoms. The zero-order valence-corrected chi connectivity index (χ0v) is 19.3. The van der Waals surface area contributed by atoms with Crippen LogP contribution in [0.4, 0.5) is 0 Å². The highest BCUT2D eigenvalue weighted by molar-refractivity contribution is 9.10. The number of nitrogens with zero attached hydrogens (tertiary/aromatic N) is 4. The summed E-state index contributed by atoms with van der Waals surface area (Å²) >= 11 is 9.48. The Morgan fingerprint density at radius 2 is 1.88 bits per heavy atom. The van der Waals surface area contributed by atoms with Crippen LogP contribution in [0.15, 0.2) is 80.7 Å². The Balaban J connectivity index is 1.65. The molecule has 3 heterocycles. The van der Waals surface area contributed by atoms with Gasteiger partial charge in [-0.05, 0) is 61.0 Å². The lowest BCUT2D eigenvalue weighted by atomic mass is 10.1. The molecule has 0 aliphatic carbocycles. The van der Waals surface area contributed by atoms with Gasteiger partial charge in [-0.25, -0.2) is 4.98 Å². The summed E-state index contributed by atoms with van der Waals surface area (Å²) in [4.78, 5) is 22.4. The molecule has 3 aromatic heterocycles. The van der Waals surface area contributed by atoms with Crippen molar-refractivity contribution in [3.63, 3.8) is 0 Å². The van der Waals surface area contributed by atoms with E-state index >= 15 is 0 Å². The topological polar surface area (TPSA) is 73.8 Å². The summed E-state index contributed by atoms with van der Waals surface area (Å²) in [6, 6.07) is 18.7. The van der Waals surface area contributed by atoms with Crippen molar-refractivity contribution in [1.82, 2.24) is 19.7 Å². The Morgan fingerprint density at radius 1 is 1.06 bits per heavy atom. The number of rotatable bonds is 4. The molecule has 0 aliphatic rings. The molecule has 0 N–H and O–H groups in total. The van der Waals surface area contributed by atoms with E-state index in [0.717, 1.165) is 21.3 Å². The zero-order valence-electron chi connectivity index (χ0n) is 16.9. The third-order valence-electron chi connectivity index (χ3n) is 5.06. The molecule has 6 nitrogen and oxygen atoms in total. The fourth-order valence-electron chi connectivity index (χ4n) is 3.51. The first-order chi connectivity index (χ1) is 15.5. The molecule has 0 unspecified atom stereocenters. The molecule has 0 bridgehead atoms. The molecule has 0 atom stereocenters. The van der Waals surface area contributed by atoms with Crippen molar-refractivity contribution in [2.24, 2.45) is 0 Å². The predicted octanol–water partition coefficient (Wildman–Crippen LogP) is 5.89. The van der Waals surface area contributed by atoms with E-state index in [-0.39, 0.29) is 11.3 Å². The monoisotopic (exact) mass is 506 g/mol. The molecule has 0 aliphatic heterocycles. The second kappa shape index (κ2) is 8.33. The zero-order chi connectivity index (χ0) is 22.2. The van der Waals surface area contributed by atoms with Crippen molar-refractivity contribution in [3.8, 4) is 22.8 Å². The minimum atomic E-state index is -0.204. The van der Waals surface area contributed by atoms with E-state index in [0.29, 0.717) is 34.0 Å². The van der Waals surface area contributed by atoms with E-state index in [9.17, 15) is 4.79 Å². The van der Waals surface area contributed by atoms with Crippen molar-refractivity contribution in [1.29, 1.82) is 0 Å². The summed E-state index contributed by atoms with van der Waals surface area (Å²) in [6.07, 6.45) is 1.73. The maximum atomic E-state index is 13.3. The van der Waals surface area contributed by atoms with Gasteiger partial charge in [0.05, 0.1) is 5.39 Å². The molecule has 0 saturated heterocycles. The van der Waals surface area contributed by atoms with Gasteiger partial charge < -0.3 is 9.09 Å². The van der Waals surface area contributed by atoms with E-state index in [1.165, 1.54) is 0 Å². The van der Waals surface area contributed by atoms with Crippen LogP contribution < -0.4 is 5.43 Å². The fourth-order valence-corrected chi connectivity index (χ4v) is 4.09. The van der Waals surface area contributed by atoms with Crippen molar-refractivity contribution >= 4 is 38.6 Å². The van der Waals surface area contributed by atoms with Crippen LogP contribution in [0.5, 0.6) is 0 Å². The van der Waals surface area contributed by atoms with E-state index in [2.05, 4.69) is 31.1 Å². The lowest BCUT2D eigenvalue weighted by Crippen LogP contribution is -2.14. The molecule has 158 valence electrons. The molecule has 5 aromatic rings. The van der Waals surface area contributed by atoms with E-state index < -0.39 is 0 Å². The lowest BCUT2D eigenvalue weighted by molar-refractivity contribution is 0.431. The number of pyridine rings is 2. The largest absolute Gasteiger partial charge is 0.333 e. The average molecular weight is 508 g/mol. The second-order valence-corrected chi connectivity index (χ2v) is 8.74. The molecule has 0 saturated carbocycles.